The van der Waals surface area contributed by atoms with Gasteiger partial charge in [-0.3, -0.25) is 4.90 Å². The van der Waals surface area contributed by atoms with Crippen LogP contribution in [0.2, 0.25) is 0 Å². The van der Waals surface area contributed by atoms with Crippen LogP contribution in [0.1, 0.15) is 23.1 Å². The first-order valence-corrected chi connectivity index (χ1v) is 7.44. The molecule has 0 unspecified atom stereocenters. The van der Waals surface area contributed by atoms with Crippen molar-refractivity contribution in [2.45, 2.75) is 20.1 Å². The zero-order valence-electron chi connectivity index (χ0n) is 12.7. The molecule has 22 heavy (non-hydrogen) atoms. The average molecular weight is 295 g/mol. The fourth-order valence-corrected chi connectivity index (χ4v) is 3.29. The fraction of sp³-hybridized carbons (Fsp3) is 0.294. The molecule has 1 aliphatic rings. The van der Waals surface area contributed by atoms with Crippen molar-refractivity contribution in [2.75, 3.05) is 13.7 Å². The van der Waals surface area contributed by atoms with Gasteiger partial charge in [0.15, 0.2) is 0 Å². The minimum Gasteiger partial charge on any atom is -0.464 e. The molecule has 5 nitrogen and oxygen atoms in total. The molecule has 0 saturated carbocycles. The van der Waals surface area contributed by atoms with Crippen LogP contribution in [0.5, 0.6) is 0 Å². The smallest absolute Gasteiger partial charge is 0.356 e. The van der Waals surface area contributed by atoms with Crippen LogP contribution in [0, 0.1) is 0 Å². The third-order valence-corrected chi connectivity index (χ3v) is 4.38. The van der Waals surface area contributed by atoms with Crippen LogP contribution in [0.4, 0.5) is 0 Å². The summed E-state index contributed by atoms with van der Waals surface area (Å²) in [5.41, 5.74) is 3.65. The van der Waals surface area contributed by atoms with E-state index in [1.165, 1.54) is 12.6 Å². The van der Waals surface area contributed by atoms with Gasteiger partial charge in [0.1, 0.15) is 5.69 Å². The average Bonchev–Trinajstić information content (AvgIpc) is 2.89. The Hall–Kier alpha value is -2.40. The van der Waals surface area contributed by atoms with Gasteiger partial charge in [0.2, 0.25) is 0 Å². The standard InChI is InChI=1S/C17H17N3O2/c1-3-19-9-14-16-12(8-13(18-14)17(21)22-2)11-6-4-5-7-15(11)20(16)10-19/h4-8H,3,9-10H2,1-2H3. The maximum atomic E-state index is 11.9. The molecule has 5 heteroatoms. The molecule has 112 valence electrons. The minimum atomic E-state index is -0.386. The lowest BCUT2D eigenvalue weighted by Gasteiger charge is -2.27. The number of methoxy groups -OCH3 is 1. The Balaban J connectivity index is 2.10. The lowest BCUT2D eigenvalue weighted by Crippen LogP contribution is -2.30. The Morgan fingerprint density at radius 2 is 2.14 bits per heavy atom. The molecule has 0 N–H and O–H groups in total. The second kappa shape index (κ2) is 4.81. The predicted molar refractivity (Wildman–Crippen MR) is 84.7 cm³/mol. The Bertz CT molecular complexity index is 898. The van der Waals surface area contributed by atoms with Gasteiger partial charge in [-0.15, -0.1) is 0 Å². The van der Waals surface area contributed by atoms with Crippen LogP contribution in [-0.4, -0.2) is 34.1 Å². The van der Waals surface area contributed by atoms with E-state index < -0.39 is 0 Å². The molecule has 3 aromatic rings. The number of esters is 1. The second-order valence-corrected chi connectivity index (χ2v) is 5.57. The van der Waals surface area contributed by atoms with Gasteiger partial charge in [0, 0.05) is 17.3 Å². The summed E-state index contributed by atoms with van der Waals surface area (Å²) in [5.74, 6) is -0.386. The monoisotopic (exact) mass is 295 g/mol. The Kier molecular flexibility index (Phi) is 2.90. The van der Waals surface area contributed by atoms with Crippen molar-refractivity contribution in [3.8, 4) is 0 Å². The van der Waals surface area contributed by atoms with Crippen LogP contribution in [0.25, 0.3) is 21.8 Å². The van der Waals surface area contributed by atoms with Crippen molar-refractivity contribution >= 4 is 27.8 Å². The number of rotatable bonds is 2. The number of carbonyl (C=O) groups excluding carboxylic acids is 1. The third kappa shape index (κ3) is 1.75. The third-order valence-electron chi connectivity index (χ3n) is 4.38. The number of para-hydroxylation sites is 1. The first-order valence-electron chi connectivity index (χ1n) is 7.44. The number of hydrogen-bond donors (Lipinski definition) is 0. The number of aromatic nitrogens is 2. The molecule has 1 aliphatic heterocycles. The van der Waals surface area contributed by atoms with Gasteiger partial charge in [-0.1, -0.05) is 25.1 Å². The van der Waals surface area contributed by atoms with Gasteiger partial charge in [-0.2, -0.15) is 0 Å². The van der Waals surface area contributed by atoms with Crippen molar-refractivity contribution in [1.82, 2.24) is 14.5 Å². The molecular weight excluding hydrogens is 278 g/mol. The maximum absolute atomic E-state index is 11.9. The Labute approximate surface area is 128 Å². The summed E-state index contributed by atoms with van der Waals surface area (Å²) in [6.07, 6.45) is 0. The molecule has 0 spiro atoms. The predicted octanol–water partition coefficient (Wildman–Crippen LogP) is 2.77. The first kappa shape index (κ1) is 13.3. The summed E-state index contributed by atoms with van der Waals surface area (Å²) < 4.78 is 7.15. The van der Waals surface area contributed by atoms with Crippen molar-refractivity contribution in [3.05, 3.63) is 41.7 Å². The van der Waals surface area contributed by atoms with Gasteiger partial charge in [-0.05, 0) is 18.7 Å². The van der Waals surface area contributed by atoms with Crippen molar-refractivity contribution < 1.29 is 9.53 Å². The summed E-state index contributed by atoms with van der Waals surface area (Å²) in [4.78, 5) is 18.8. The molecule has 0 aliphatic carbocycles. The van der Waals surface area contributed by atoms with Crippen LogP contribution < -0.4 is 0 Å². The van der Waals surface area contributed by atoms with Gasteiger partial charge in [0.25, 0.3) is 0 Å². The minimum absolute atomic E-state index is 0.380. The number of nitrogens with zero attached hydrogens (tertiary/aromatic N) is 3. The highest BCUT2D eigenvalue weighted by molar-refractivity contribution is 6.10. The number of pyridine rings is 1. The zero-order chi connectivity index (χ0) is 15.3. The summed E-state index contributed by atoms with van der Waals surface area (Å²) in [7, 11) is 1.39. The second-order valence-electron chi connectivity index (χ2n) is 5.57. The molecule has 0 atom stereocenters. The van der Waals surface area contributed by atoms with Crippen LogP contribution in [-0.2, 0) is 18.0 Å². The quantitative estimate of drug-likeness (QED) is 0.682. The number of hydrogen-bond acceptors (Lipinski definition) is 4. The lowest BCUT2D eigenvalue weighted by atomic mass is 10.1. The molecular formula is C17H17N3O2. The molecule has 0 fully saturated rings. The van der Waals surface area contributed by atoms with Crippen molar-refractivity contribution in [3.63, 3.8) is 0 Å². The number of benzene rings is 1. The van der Waals surface area contributed by atoms with E-state index in [0.717, 1.165) is 41.7 Å². The van der Waals surface area contributed by atoms with Crippen molar-refractivity contribution in [1.29, 1.82) is 0 Å². The SMILES string of the molecule is CCN1Cc2nc(C(=O)OC)cc3c4ccccc4n(c23)C1. The van der Waals surface area contributed by atoms with Gasteiger partial charge < -0.3 is 9.30 Å². The summed E-state index contributed by atoms with van der Waals surface area (Å²) in [5, 5.41) is 2.24. The van der Waals surface area contributed by atoms with Gasteiger partial charge in [-0.25, -0.2) is 9.78 Å². The van der Waals surface area contributed by atoms with E-state index in [4.69, 9.17) is 4.74 Å². The van der Waals surface area contributed by atoms with Gasteiger partial charge >= 0.3 is 5.97 Å². The summed E-state index contributed by atoms with van der Waals surface area (Å²) in [6, 6.07) is 10.1. The largest absolute Gasteiger partial charge is 0.464 e. The molecule has 4 rings (SSSR count). The number of fused-ring (bicyclic) bond motifs is 3. The Morgan fingerprint density at radius 3 is 2.91 bits per heavy atom. The maximum Gasteiger partial charge on any atom is 0.356 e. The highest BCUT2D eigenvalue weighted by atomic mass is 16.5. The summed E-state index contributed by atoms with van der Waals surface area (Å²) >= 11 is 0. The molecule has 0 radical (unpaired) electrons. The summed E-state index contributed by atoms with van der Waals surface area (Å²) in [6.45, 7) is 4.69. The first-order chi connectivity index (χ1) is 10.7. The highest BCUT2D eigenvalue weighted by Crippen LogP contribution is 2.34. The van der Waals surface area contributed by atoms with E-state index in [1.54, 1.807) is 0 Å². The van der Waals surface area contributed by atoms with Crippen molar-refractivity contribution in [2.24, 2.45) is 0 Å². The van der Waals surface area contributed by atoms with E-state index in [1.807, 2.05) is 18.2 Å². The van der Waals surface area contributed by atoms with Gasteiger partial charge in [0.05, 0.1) is 30.5 Å². The number of ether oxygens (including phenoxy) is 1. The molecule has 3 heterocycles. The van der Waals surface area contributed by atoms with E-state index in [9.17, 15) is 4.79 Å². The molecule has 0 saturated heterocycles. The van der Waals surface area contributed by atoms with Crippen LogP contribution >= 0.6 is 0 Å². The molecule has 0 amide bonds. The van der Waals surface area contributed by atoms with Crippen LogP contribution in [0.15, 0.2) is 30.3 Å². The topological polar surface area (TPSA) is 47.4 Å². The fourth-order valence-electron chi connectivity index (χ4n) is 3.29. The molecule has 0 bridgehead atoms. The molecule has 2 aromatic heterocycles. The molecule has 1 aromatic carbocycles. The van der Waals surface area contributed by atoms with E-state index >= 15 is 0 Å². The zero-order valence-corrected chi connectivity index (χ0v) is 12.7. The lowest BCUT2D eigenvalue weighted by molar-refractivity contribution is 0.0593. The van der Waals surface area contributed by atoms with Crippen LogP contribution in [0.3, 0.4) is 0 Å². The van der Waals surface area contributed by atoms with E-state index in [-0.39, 0.29) is 5.97 Å². The van der Waals surface area contributed by atoms with E-state index in [0.29, 0.717) is 5.69 Å². The van der Waals surface area contributed by atoms with E-state index in [2.05, 4.69) is 33.5 Å². The highest BCUT2D eigenvalue weighted by Gasteiger charge is 2.24. The normalized spacial score (nSPS) is 14.6. The Morgan fingerprint density at radius 1 is 1.32 bits per heavy atom. The number of carbonyl (C=O) groups is 1.